The van der Waals surface area contributed by atoms with Gasteiger partial charge in [0.15, 0.2) is 11.5 Å². The molecule has 2 amide bonds. The second kappa shape index (κ2) is 9.33. The first-order chi connectivity index (χ1) is 15.8. The number of hydrogen-bond donors (Lipinski definition) is 2. The van der Waals surface area contributed by atoms with Gasteiger partial charge < -0.3 is 10.1 Å². The maximum atomic E-state index is 12.5. The summed E-state index contributed by atoms with van der Waals surface area (Å²) in [6.45, 7) is 1.68. The Morgan fingerprint density at radius 2 is 2.00 bits per heavy atom. The number of ketones is 1. The SMILES string of the molecule is C[C@@H](OC(=O)Nc1c(-c2ccc(NC(=O)C3CC(=O)C3)cn2)nnn1C)c1cccnc1Cl. The van der Waals surface area contributed by atoms with Gasteiger partial charge in [-0.15, -0.1) is 5.10 Å². The summed E-state index contributed by atoms with van der Waals surface area (Å²) >= 11 is 6.06. The molecule has 1 atom stereocenters. The van der Waals surface area contributed by atoms with E-state index in [-0.39, 0.29) is 41.4 Å². The summed E-state index contributed by atoms with van der Waals surface area (Å²) < 4.78 is 6.79. The Hall–Kier alpha value is -3.86. The van der Waals surface area contributed by atoms with Crippen molar-refractivity contribution in [3.05, 3.63) is 47.4 Å². The van der Waals surface area contributed by atoms with Crippen LogP contribution >= 0.6 is 11.6 Å². The zero-order chi connectivity index (χ0) is 23.5. The Morgan fingerprint density at radius 3 is 2.67 bits per heavy atom. The van der Waals surface area contributed by atoms with E-state index in [1.807, 2.05) is 0 Å². The van der Waals surface area contributed by atoms with Crippen LogP contribution in [-0.4, -0.2) is 42.7 Å². The van der Waals surface area contributed by atoms with Crippen LogP contribution in [0.15, 0.2) is 36.7 Å². The molecule has 3 aromatic heterocycles. The summed E-state index contributed by atoms with van der Waals surface area (Å²) in [6, 6.07) is 6.72. The van der Waals surface area contributed by atoms with E-state index >= 15 is 0 Å². The average molecular weight is 470 g/mol. The van der Waals surface area contributed by atoms with Crippen molar-refractivity contribution in [3.8, 4) is 11.4 Å². The third-order valence-corrected chi connectivity index (χ3v) is 5.47. The molecule has 11 nitrogen and oxygen atoms in total. The Bertz CT molecular complexity index is 1200. The van der Waals surface area contributed by atoms with Gasteiger partial charge in [0.25, 0.3) is 0 Å². The van der Waals surface area contributed by atoms with Crippen LogP contribution in [0.5, 0.6) is 0 Å². The predicted octanol–water partition coefficient (Wildman–Crippen LogP) is 3.15. The number of aryl methyl sites for hydroxylation is 1. The molecule has 12 heteroatoms. The first kappa shape index (κ1) is 22.3. The minimum atomic E-state index is -0.729. The number of carbonyl (C=O) groups is 3. The van der Waals surface area contributed by atoms with E-state index in [4.69, 9.17) is 16.3 Å². The number of hydrogen-bond acceptors (Lipinski definition) is 8. The number of Topliss-reactive ketones (excluding diaryl/α,β-unsaturated/α-hetero) is 1. The Morgan fingerprint density at radius 1 is 1.21 bits per heavy atom. The second-order valence-electron chi connectivity index (χ2n) is 7.53. The molecule has 0 aliphatic heterocycles. The molecule has 1 fully saturated rings. The monoisotopic (exact) mass is 469 g/mol. The number of amides is 2. The third-order valence-electron chi connectivity index (χ3n) is 5.15. The summed E-state index contributed by atoms with van der Waals surface area (Å²) in [5.41, 5.74) is 1.81. The highest BCUT2D eigenvalue weighted by Gasteiger charge is 2.32. The van der Waals surface area contributed by atoms with E-state index < -0.39 is 12.2 Å². The highest BCUT2D eigenvalue weighted by molar-refractivity contribution is 6.30. The molecule has 4 rings (SSSR count). The van der Waals surface area contributed by atoms with Gasteiger partial charge in [-0.3, -0.25) is 19.9 Å². The average Bonchev–Trinajstić information content (AvgIpc) is 3.12. The van der Waals surface area contributed by atoms with Crippen LogP contribution < -0.4 is 10.6 Å². The molecule has 3 heterocycles. The normalized spacial score (nSPS) is 14.3. The van der Waals surface area contributed by atoms with Crippen LogP contribution in [0.1, 0.15) is 31.4 Å². The molecule has 1 aliphatic rings. The largest absolute Gasteiger partial charge is 0.441 e. The van der Waals surface area contributed by atoms with Crippen LogP contribution in [-0.2, 0) is 21.4 Å². The number of nitrogens with zero attached hydrogens (tertiary/aromatic N) is 5. The number of anilines is 2. The van der Waals surface area contributed by atoms with E-state index in [0.29, 0.717) is 22.6 Å². The third kappa shape index (κ3) is 4.98. The molecular formula is C21H20ClN7O4. The summed E-state index contributed by atoms with van der Waals surface area (Å²) in [5.74, 6) is -0.135. The second-order valence-corrected chi connectivity index (χ2v) is 7.89. The van der Waals surface area contributed by atoms with Crippen molar-refractivity contribution in [2.24, 2.45) is 13.0 Å². The molecule has 0 spiro atoms. The van der Waals surface area contributed by atoms with Crippen molar-refractivity contribution >= 4 is 40.9 Å². The van der Waals surface area contributed by atoms with Crippen LogP contribution in [0.25, 0.3) is 11.4 Å². The van der Waals surface area contributed by atoms with Gasteiger partial charge in [0.1, 0.15) is 17.0 Å². The van der Waals surface area contributed by atoms with E-state index in [9.17, 15) is 14.4 Å². The van der Waals surface area contributed by atoms with Gasteiger partial charge in [0.05, 0.1) is 23.5 Å². The fourth-order valence-corrected chi connectivity index (χ4v) is 3.52. The predicted molar refractivity (Wildman–Crippen MR) is 118 cm³/mol. The molecule has 2 N–H and O–H groups in total. The summed E-state index contributed by atoms with van der Waals surface area (Å²) in [4.78, 5) is 43.9. The lowest BCUT2D eigenvalue weighted by atomic mass is 9.83. The standard InChI is InChI=1S/C21H20ClN7O4/c1-11(15-4-3-7-23-18(15)22)33-21(32)26-19-17(27-28-29(19)2)16-6-5-13(10-24-16)25-20(31)12-8-14(30)9-12/h3-7,10-12H,8-9H2,1-2H3,(H,25,31)(H,26,32)/t11-/m1/s1. The van der Waals surface area contributed by atoms with Gasteiger partial charge in [-0.1, -0.05) is 22.9 Å². The number of halogens is 1. The van der Waals surface area contributed by atoms with Gasteiger partial charge >= 0.3 is 6.09 Å². The molecule has 0 unspecified atom stereocenters. The molecule has 0 bridgehead atoms. The summed E-state index contributed by atoms with van der Waals surface area (Å²) in [6.07, 6.45) is 2.19. The van der Waals surface area contributed by atoms with Crippen molar-refractivity contribution < 1.29 is 19.1 Å². The van der Waals surface area contributed by atoms with Crippen molar-refractivity contribution in [1.29, 1.82) is 0 Å². The number of ether oxygens (including phenoxy) is 1. The van der Waals surface area contributed by atoms with Gasteiger partial charge in [-0.05, 0) is 25.1 Å². The number of carbonyl (C=O) groups excluding carboxylic acids is 3. The summed E-state index contributed by atoms with van der Waals surface area (Å²) in [7, 11) is 1.61. The van der Waals surface area contributed by atoms with Crippen molar-refractivity contribution in [3.63, 3.8) is 0 Å². The van der Waals surface area contributed by atoms with E-state index in [1.54, 1.807) is 44.4 Å². The first-order valence-electron chi connectivity index (χ1n) is 10.1. The molecule has 0 aromatic carbocycles. The number of rotatable bonds is 6. The number of nitrogens with one attached hydrogen (secondary N) is 2. The Balaban J connectivity index is 1.43. The van der Waals surface area contributed by atoms with Crippen LogP contribution in [0.3, 0.4) is 0 Å². The lowest BCUT2D eigenvalue weighted by molar-refractivity contribution is -0.135. The van der Waals surface area contributed by atoms with Gasteiger partial charge in [0, 0.05) is 31.6 Å². The number of aromatic nitrogens is 5. The van der Waals surface area contributed by atoms with Crippen LogP contribution in [0, 0.1) is 5.92 Å². The van der Waals surface area contributed by atoms with E-state index in [0.717, 1.165) is 0 Å². The number of pyridine rings is 2. The van der Waals surface area contributed by atoms with Crippen molar-refractivity contribution in [1.82, 2.24) is 25.0 Å². The molecule has 1 aliphatic carbocycles. The zero-order valence-electron chi connectivity index (χ0n) is 17.8. The maximum Gasteiger partial charge on any atom is 0.413 e. The molecule has 33 heavy (non-hydrogen) atoms. The van der Waals surface area contributed by atoms with Crippen LogP contribution in [0.4, 0.5) is 16.3 Å². The highest BCUT2D eigenvalue weighted by atomic mass is 35.5. The fraction of sp³-hybridized carbons (Fsp3) is 0.286. The molecule has 0 saturated heterocycles. The van der Waals surface area contributed by atoms with Crippen molar-refractivity contribution in [2.45, 2.75) is 25.9 Å². The highest BCUT2D eigenvalue weighted by Crippen LogP contribution is 2.28. The minimum Gasteiger partial charge on any atom is -0.441 e. The zero-order valence-corrected chi connectivity index (χ0v) is 18.5. The topological polar surface area (TPSA) is 141 Å². The smallest absolute Gasteiger partial charge is 0.413 e. The fourth-order valence-electron chi connectivity index (χ4n) is 3.25. The molecular weight excluding hydrogens is 450 g/mol. The Labute approximate surface area is 193 Å². The van der Waals surface area contributed by atoms with E-state index in [2.05, 4.69) is 30.9 Å². The maximum absolute atomic E-state index is 12.5. The van der Waals surface area contributed by atoms with Crippen molar-refractivity contribution in [2.75, 3.05) is 10.6 Å². The molecule has 3 aromatic rings. The molecule has 0 radical (unpaired) electrons. The Kier molecular flexibility index (Phi) is 6.31. The molecule has 170 valence electrons. The first-order valence-corrected chi connectivity index (χ1v) is 10.5. The molecule has 1 saturated carbocycles. The van der Waals surface area contributed by atoms with Gasteiger partial charge in [0.2, 0.25) is 5.91 Å². The van der Waals surface area contributed by atoms with Crippen LogP contribution in [0.2, 0.25) is 5.15 Å². The van der Waals surface area contributed by atoms with E-state index in [1.165, 1.54) is 10.9 Å². The minimum absolute atomic E-state index is 0.0859. The quantitative estimate of drug-likeness (QED) is 0.524. The van der Waals surface area contributed by atoms with Gasteiger partial charge in [-0.2, -0.15) is 0 Å². The lowest BCUT2D eigenvalue weighted by Crippen LogP contribution is -2.34. The lowest BCUT2D eigenvalue weighted by Gasteiger charge is -2.22. The van der Waals surface area contributed by atoms with Gasteiger partial charge in [-0.25, -0.2) is 14.5 Å². The summed E-state index contributed by atoms with van der Waals surface area (Å²) in [5, 5.41) is 13.6.